The van der Waals surface area contributed by atoms with Crippen LogP contribution >= 0.6 is 0 Å². The average Bonchev–Trinajstić information content (AvgIpc) is 2.46. The Balaban J connectivity index is 2.62. The van der Waals surface area contributed by atoms with Crippen LogP contribution in [-0.4, -0.2) is 25.0 Å². The van der Waals surface area contributed by atoms with E-state index in [4.69, 9.17) is 0 Å². The molecule has 0 aliphatic carbocycles. The van der Waals surface area contributed by atoms with Crippen molar-refractivity contribution in [3.63, 3.8) is 0 Å². The lowest BCUT2D eigenvalue weighted by Crippen LogP contribution is -2.50. The van der Waals surface area contributed by atoms with Crippen molar-refractivity contribution in [2.24, 2.45) is 5.41 Å². The summed E-state index contributed by atoms with van der Waals surface area (Å²) in [6, 6.07) is 0.385. The van der Waals surface area contributed by atoms with Gasteiger partial charge in [0.1, 0.15) is 0 Å². The van der Waals surface area contributed by atoms with Gasteiger partial charge in [-0.2, -0.15) is 0 Å². The molecule has 0 bridgehead atoms. The van der Waals surface area contributed by atoms with Crippen molar-refractivity contribution in [2.75, 3.05) is 13.1 Å². The summed E-state index contributed by atoms with van der Waals surface area (Å²) in [7, 11) is 0. The molecular weight excluding hydrogens is 248 g/mol. The Bertz CT molecular complexity index is 267. The Kier molecular flexibility index (Phi) is 8.20. The van der Waals surface area contributed by atoms with Gasteiger partial charge in [0, 0.05) is 6.04 Å². The monoisotopic (exact) mass is 282 g/mol. The van der Waals surface area contributed by atoms with Gasteiger partial charge in [-0.05, 0) is 45.2 Å². The van der Waals surface area contributed by atoms with Gasteiger partial charge in [0.05, 0.1) is 5.41 Å². The molecule has 1 heterocycles. The van der Waals surface area contributed by atoms with Crippen LogP contribution in [0, 0.1) is 5.41 Å². The molecule has 20 heavy (non-hydrogen) atoms. The zero-order chi connectivity index (χ0) is 14.8. The van der Waals surface area contributed by atoms with Crippen molar-refractivity contribution in [3.05, 3.63) is 0 Å². The largest absolute Gasteiger partial charge is 0.353 e. The fourth-order valence-electron chi connectivity index (χ4n) is 3.40. The third-order valence-electron chi connectivity index (χ3n) is 4.65. The van der Waals surface area contributed by atoms with Crippen molar-refractivity contribution in [2.45, 2.75) is 84.6 Å². The summed E-state index contributed by atoms with van der Waals surface area (Å²) < 4.78 is 0. The Hall–Kier alpha value is -0.570. The molecule has 0 aromatic carbocycles. The summed E-state index contributed by atoms with van der Waals surface area (Å²) in [5.74, 6) is 0.329. The van der Waals surface area contributed by atoms with Crippen LogP contribution in [0.3, 0.4) is 0 Å². The molecule has 3 heteroatoms. The van der Waals surface area contributed by atoms with E-state index in [1.165, 1.54) is 12.8 Å². The van der Waals surface area contributed by atoms with Gasteiger partial charge in [0.15, 0.2) is 0 Å². The van der Waals surface area contributed by atoms with Gasteiger partial charge in [-0.25, -0.2) is 0 Å². The molecule has 0 aromatic heterocycles. The van der Waals surface area contributed by atoms with E-state index in [9.17, 15) is 4.79 Å². The molecule has 0 spiro atoms. The highest BCUT2D eigenvalue weighted by Crippen LogP contribution is 2.34. The first-order valence-corrected chi connectivity index (χ1v) is 8.70. The van der Waals surface area contributed by atoms with Gasteiger partial charge < -0.3 is 10.6 Å². The molecule has 1 saturated heterocycles. The molecule has 1 aliphatic rings. The molecule has 1 amide bonds. The molecule has 1 aliphatic heterocycles. The van der Waals surface area contributed by atoms with Crippen LogP contribution in [0.1, 0.15) is 78.6 Å². The van der Waals surface area contributed by atoms with E-state index < -0.39 is 0 Å². The van der Waals surface area contributed by atoms with E-state index >= 15 is 0 Å². The second-order valence-electron chi connectivity index (χ2n) is 6.38. The fraction of sp³-hybridized carbons (Fsp3) is 0.941. The SMILES string of the molecule is CCCCC(CCC)NC(=O)C1(CCC)CCNCC1. The number of nitrogens with one attached hydrogen (secondary N) is 2. The van der Waals surface area contributed by atoms with Crippen LogP contribution in [0.25, 0.3) is 0 Å². The van der Waals surface area contributed by atoms with Crippen molar-refractivity contribution >= 4 is 5.91 Å². The van der Waals surface area contributed by atoms with E-state index in [2.05, 4.69) is 31.4 Å². The third kappa shape index (κ3) is 5.08. The lowest BCUT2D eigenvalue weighted by atomic mass is 9.74. The topological polar surface area (TPSA) is 41.1 Å². The molecule has 0 radical (unpaired) electrons. The number of unbranched alkanes of at least 4 members (excludes halogenated alkanes) is 1. The van der Waals surface area contributed by atoms with Crippen LogP contribution in [0.5, 0.6) is 0 Å². The number of carbonyl (C=O) groups is 1. The van der Waals surface area contributed by atoms with Crippen molar-refractivity contribution in [1.82, 2.24) is 10.6 Å². The smallest absolute Gasteiger partial charge is 0.226 e. The maximum Gasteiger partial charge on any atom is 0.226 e. The van der Waals surface area contributed by atoms with E-state index in [1.54, 1.807) is 0 Å². The Labute approximate surface area is 125 Å². The summed E-state index contributed by atoms with van der Waals surface area (Å²) >= 11 is 0. The van der Waals surface area contributed by atoms with Crippen molar-refractivity contribution in [3.8, 4) is 0 Å². The summed E-state index contributed by atoms with van der Waals surface area (Å²) in [6.45, 7) is 8.59. The van der Waals surface area contributed by atoms with Gasteiger partial charge in [-0.3, -0.25) is 4.79 Å². The minimum Gasteiger partial charge on any atom is -0.353 e. The highest BCUT2D eigenvalue weighted by atomic mass is 16.2. The van der Waals surface area contributed by atoms with Gasteiger partial charge in [0.25, 0.3) is 0 Å². The number of rotatable bonds is 9. The minimum absolute atomic E-state index is 0.0990. The number of piperidine rings is 1. The molecular formula is C17H34N2O. The molecule has 2 N–H and O–H groups in total. The molecule has 1 atom stereocenters. The van der Waals surface area contributed by atoms with Gasteiger partial charge in [0.2, 0.25) is 5.91 Å². The average molecular weight is 282 g/mol. The number of amides is 1. The molecule has 3 nitrogen and oxygen atoms in total. The standard InChI is InChI=1S/C17H34N2O/c1-4-7-9-15(8-5-2)19-16(20)17(10-6-3)11-13-18-14-12-17/h15,18H,4-14H2,1-3H3,(H,19,20). The highest BCUT2D eigenvalue weighted by Gasteiger charge is 2.39. The molecule has 118 valence electrons. The van der Waals surface area contributed by atoms with Gasteiger partial charge in [-0.15, -0.1) is 0 Å². The van der Waals surface area contributed by atoms with Crippen molar-refractivity contribution in [1.29, 1.82) is 0 Å². The fourth-order valence-corrected chi connectivity index (χ4v) is 3.40. The van der Waals surface area contributed by atoms with Crippen LogP contribution in [0.2, 0.25) is 0 Å². The van der Waals surface area contributed by atoms with E-state index in [-0.39, 0.29) is 5.41 Å². The van der Waals surface area contributed by atoms with E-state index in [0.29, 0.717) is 11.9 Å². The van der Waals surface area contributed by atoms with Crippen molar-refractivity contribution < 1.29 is 4.79 Å². The first kappa shape index (κ1) is 17.5. The predicted octanol–water partition coefficient (Wildman–Crippen LogP) is 3.63. The normalized spacial score (nSPS) is 19.6. The summed E-state index contributed by atoms with van der Waals surface area (Å²) in [5.41, 5.74) is -0.0990. The Morgan fingerprint density at radius 3 is 2.35 bits per heavy atom. The Morgan fingerprint density at radius 2 is 1.80 bits per heavy atom. The zero-order valence-electron chi connectivity index (χ0n) is 13.8. The maximum atomic E-state index is 12.8. The lowest BCUT2D eigenvalue weighted by Gasteiger charge is -2.37. The molecule has 1 unspecified atom stereocenters. The third-order valence-corrected chi connectivity index (χ3v) is 4.65. The van der Waals surface area contributed by atoms with Crippen LogP contribution in [0.15, 0.2) is 0 Å². The second-order valence-corrected chi connectivity index (χ2v) is 6.38. The second kappa shape index (κ2) is 9.38. The maximum absolute atomic E-state index is 12.8. The van der Waals surface area contributed by atoms with Gasteiger partial charge in [-0.1, -0.05) is 46.5 Å². The van der Waals surface area contributed by atoms with E-state index in [0.717, 1.165) is 58.0 Å². The van der Waals surface area contributed by atoms with Gasteiger partial charge >= 0.3 is 0 Å². The first-order chi connectivity index (χ1) is 9.68. The molecule has 1 fully saturated rings. The first-order valence-electron chi connectivity index (χ1n) is 8.70. The summed E-state index contributed by atoms with van der Waals surface area (Å²) in [5, 5.41) is 6.77. The Morgan fingerprint density at radius 1 is 1.10 bits per heavy atom. The van der Waals surface area contributed by atoms with Crippen LogP contribution < -0.4 is 10.6 Å². The summed E-state index contributed by atoms with van der Waals surface area (Å²) in [6.07, 6.45) is 9.96. The minimum atomic E-state index is -0.0990. The number of hydrogen-bond acceptors (Lipinski definition) is 2. The predicted molar refractivity (Wildman–Crippen MR) is 85.8 cm³/mol. The van der Waals surface area contributed by atoms with Crippen LogP contribution in [-0.2, 0) is 4.79 Å². The quantitative estimate of drug-likeness (QED) is 0.678. The molecule has 0 aromatic rings. The zero-order valence-corrected chi connectivity index (χ0v) is 13.8. The summed E-state index contributed by atoms with van der Waals surface area (Å²) in [4.78, 5) is 12.8. The molecule has 0 saturated carbocycles. The number of carbonyl (C=O) groups excluding carboxylic acids is 1. The number of hydrogen-bond donors (Lipinski definition) is 2. The molecule has 1 rings (SSSR count). The van der Waals surface area contributed by atoms with Crippen LogP contribution in [0.4, 0.5) is 0 Å². The highest BCUT2D eigenvalue weighted by molar-refractivity contribution is 5.83. The van der Waals surface area contributed by atoms with E-state index in [1.807, 2.05) is 0 Å². The lowest BCUT2D eigenvalue weighted by molar-refractivity contribution is -0.134.